The number of hydrogen-bond donors (Lipinski definition) is 0. The van der Waals surface area contributed by atoms with Crippen molar-refractivity contribution in [2.75, 3.05) is 13.2 Å². The largest absolute Gasteiger partial charge is 0.234 e. The van der Waals surface area contributed by atoms with Crippen molar-refractivity contribution < 1.29 is 15.3 Å². The van der Waals surface area contributed by atoms with Crippen molar-refractivity contribution >= 4 is 0 Å². The normalized spacial score (nSPS) is 8.40. The lowest BCUT2D eigenvalue weighted by atomic mass is 10.8. The van der Waals surface area contributed by atoms with E-state index in [1.165, 1.54) is 0 Å². The summed E-state index contributed by atoms with van der Waals surface area (Å²) in [6, 6.07) is 0. The smallest absolute Gasteiger partial charge is 0.112 e. The molecule has 0 amide bonds. The molecule has 0 heterocycles. The van der Waals surface area contributed by atoms with Gasteiger partial charge in [-0.2, -0.15) is 0 Å². The van der Waals surface area contributed by atoms with Gasteiger partial charge >= 0.3 is 0 Å². The van der Waals surface area contributed by atoms with Gasteiger partial charge in [0.25, 0.3) is 0 Å². The molecule has 3 heteroatoms. The molecule has 0 unspecified atom stereocenters. The molecule has 0 aliphatic heterocycles. The minimum absolute atomic E-state index is 0.222. The molecule has 0 rings (SSSR count). The first kappa shape index (κ1) is 4.88. The van der Waals surface area contributed by atoms with Crippen molar-refractivity contribution in [3.05, 3.63) is 0 Å². The third kappa shape index (κ3) is 3.88. The lowest BCUT2D eigenvalue weighted by molar-refractivity contribution is -0.308. The maximum absolute atomic E-state index is 9.20. The van der Waals surface area contributed by atoms with Crippen molar-refractivity contribution in [1.29, 1.82) is 0 Å². The minimum atomic E-state index is -0.441. The summed E-state index contributed by atoms with van der Waals surface area (Å²) in [5.41, 5.74) is 0. The van der Waals surface area contributed by atoms with Crippen molar-refractivity contribution in [1.82, 2.24) is 0 Å². The van der Waals surface area contributed by atoms with Gasteiger partial charge in [0.2, 0.25) is 0 Å². The van der Waals surface area contributed by atoms with Crippen LogP contribution in [-0.4, -0.2) is 13.2 Å². The van der Waals surface area contributed by atoms with Crippen LogP contribution in [0.3, 0.4) is 0 Å². The van der Waals surface area contributed by atoms with E-state index in [9.17, 15) is 5.11 Å². The molecule has 0 bridgehead atoms. The van der Waals surface area contributed by atoms with Crippen molar-refractivity contribution in [2.24, 2.45) is 0 Å². The van der Waals surface area contributed by atoms with Gasteiger partial charge in [-0.1, -0.05) is 0 Å². The summed E-state index contributed by atoms with van der Waals surface area (Å²) >= 11 is 0. The molecule has 30 valence electrons. The second-order valence-corrected chi connectivity index (χ2v) is 0.526. The molecule has 3 nitrogen and oxygen atoms in total. The average Bonchev–Trinajstić information content (AvgIpc) is 1.41. The monoisotopic (exact) mass is 76.0 g/mol. The topological polar surface area (TPSA) is 49.0 Å². The summed E-state index contributed by atoms with van der Waals surface area (Å²) in [7, 11) is 0. The molecular formula is C2H4O3. The first-order valence-corrected chi connectivity index (χ1v) is 1.24. The molecule has 0 aromatic heterocycles. The summed E-state index contributed by atoms with van der Waals surface area (Å²) in [5, 5.41) is 18.0. The zero-order valence-electron chi connectivity index (χ0n) is 2.64. The van der Waals surface area contributed by atoms with Gasteiger partial charge in [0.15, 0.2) is 0 Å². The van der Waals surface area contributed by atoms with Crippen LogP contribution in [-0.2, 0) is 15.3 Å². The van der Waals surface area contributed by atoms with E-state index in [2.05, 4.69) is 4.89 Å². The van der Waals surface area contributed by atoms with Gasteiger partial charge in [0.05, 0.1) is 0 Å². The molecule has 0 spiro atoms. The van der Waals surface area contributed by atoms with E-state index in [-0.39, 0.29) is 6.61 Å². The van der Waals surface area contributed by atoms with Crippen LogP contribution in [0, 0.1) is 0 Å². The van der Waals surface area contributed by atoms with Gasteiger partial charge in [-0.05, 0) is 5.26 Å². The maximum atomic E-state index is 9.20. The van der Waals surface area contributed by atoms with E-state index in [1.807, 2.05) is 0 Å². The van der Waals surface area contributed by atoms with Gasteiger partial charge in [0.1, 0.15) is 13.2 Å². The van der Waals surface area contributed by atoms with E-state index in [0.717, 1.165) is 0 Å². The zero-order chi connectivity index (χ0) is 4.12. The predicted octanol–water partition coefficient (Wildman–Crippen LogP) is -0.221. The first-order chi connectivity index (χ1) is 2.41. The molecule has 0 aromatic rings. The van der Waals surface area contributed by atoms with Crippen molar-refractivity contribution in [2.45, 2.75) is 0 Å². The molecular weight excluding hydrogens is 72.0 g/mol. The van der Waals surface area contributed by atoms with Crippen LogP contribution in [0.1, 0.15) is 0 Å². The third-order valence-electron chi connectivity index (χ3n) is 0.167. The molecule has 0 aliphatic carbocycles. The first-order valence-electron chi connectivity index (χ1n) is 1.24. The van der Waals surface area contributed by atoms with Gasteiger partial charge in [-0.25, -0.2) is 9.99 Å². The summed E-state index contributed by atoms with van der Waals surface area (Å²) in [4.78, 5) is 3.13. The highest BCUT2D eigenvalue weighted by molar-refractivity contribution is 4.09. The van der Waals surface area contributed by atoms with E-state index < -0.39 is 6.61 Å². The summed E-state index contributed by atoms with van der Waals surface area (Å²) in [6.45, 7) is -0.663. The standard InChI is InChI=1S/C2H4O3/c3-1-2-5-4/h1-2H2. The lowest BCUT2D eigenvalue weighted by Gasteiger charge is -1.75. The second kappa shape index (κ2) is 3.88. The van der Waals surface area contributed by atoms with Gasteiger partial charge in [-0.3, -0.25) is 0 Å². The summed E-state index contributed by atoms with van der Waals surface area (Å²) < 4.78 is 0. The Kier molecular flexibility index (Phi) is 3.79. The number of hydrogen-bond acceptors (Lipinski definition) is 1. The van der Waals surface area contributed by atoms with Crippen molar-refractivity contribution in [3.63, 3.8) is 0 Å². The van der Waals surface area contributed by atoms with Crippen LogP contribution in [0.5, 0.6) is 0 Å². The SMILES string of the molecule is [O]CCO[O]. The van der Waals surface area contributed by atoms with Crippen LogP contribution in [0.4, 0.5) is 0 Å². The van der Waals surface area contributed by atoms with E-state index in [0.29, 0.717) is 0 Å². The van der Waals surface area contributed by atoms with Crippen LogP contribution < -0.4 is 0 Å². The zero-order valence-corrected chi connectivity index (χ0v) is 2.64. The van der Waals surface area contributed by atoms with Gasteiger partial charge < -0.3 is 0 Å². The Balaban J connectivity index is 2.19. The van der Waals surface area contributed by atoms with E-state index >= 15 is 0 Å². The van der Waals surface area contributed by atoms with E-state index in [4.69, 9.17) is 5.26 Å². The Bertz CT molecular complexity index is 12.4. The fourth-order valence-electron chi connectivity index (χ4n) is 0.0340. The molecule has 0 N–H and O–H groups in total. The Labute approximate surface area is 29.7 Å². The number of rotatable bonds is 2. The quantitative estimate of drug-likeness (QED) is 0.331. The van der Waals surface area contributed by atoms with Crippen molar-refractivity contribution in [3.8, 4) is 0 Å². The molecule has 2 radical (unpaired) electrons. The van der Waals surface area contributed by atoms with Gasteiger partial charge in [-0.15, -0.1) is 0 Å². The lowest BCUT2D eigenvalue weighted by Crippen LogP contribution is -1.89. The summed E-state index contributed by atoms with van der Waals surface area (Å²) in [6.07, 6.45) is 0. The molecule has 0 aliphatic rings. The fourth-order valence-corrected chi connectivity index (χ4v) is 0.0340. The van der Waals surface area contributed by atoms with E-state index in [1.54, 1.807) is 0 Å². The van der Waals surface area contributed by atoms with Crippen LogP contribution >= 0.6 is 0 Å². The van der Waals surface area contributed by atoms with Crippen LogP contribution in [0.15, 0.2) is 0 Å². The molecule has 0 atom stereocenters. The second-order valence-electron chi connectivity index (χ2n) is 0.526. The predicted molar refractivity (Wildman–Crippen MR) is 12.2 cm³/mol. The Hall–Kier alpha value is -0.120. The molecule has 0 saturated heterocycles. The minimum Gasteiger partial charge on any atom is -0.234 e. The van der Waals surface area contributed by atoms with Crippen LogP contribution in [0.25, 0.3) is 0 Å². The van der Waals surface area contributed by atoms with Crippen LogP contribution in [0.2, 0.25) is 0 Å². The highest BCUT2D eigenvalue weighted by Gasteiger charge is 1.74. The summed E-state index contributed by atoms with van der Waals surface area (Å²) in [5.74, 6) is 0. The third-order valence-corrected chi connectivity index (χ3v) is 0.167. The Morgan fingerprint density at radius 2 is 2.20 bits per heavy atom. The highest BCUT2D eigenvalue weighted by Crippen LogP contribution is 1.58. The Morgan fingerprint density at radius 3 is 2.20 bits per heavy atom. The fraction of sp³-hybridized carbons (Fsp3) is 1.00. The maximum Gasteiger partial charge on any atom is 0.112 e. The molecule has 0 saturated carbocycles. The van der Waals surface area contributed by atoms with Gasteiger partial charge in [0, 0.05) is 0 Å². The molecule has 0 fully saturated rings. The highest BCUT2D eigenvalue weighted by atomic mass is 17.1. The molecule has 0 aromatic carbocycles. The average molecular weight is 76.1 g/mol. The molecule has 5 heavy (non-hydrogen) atoms. The Morgan fingerprint density at radius 1 is 1.60 bits per heavy atom.